The van der Waals surface area contributed by atoms with Crippen molar-refractivity contribution in [3.63, 3.8) is 0 Å². The van der Waals surface area contributed by atoms with Gasteiger partial charge in [-0.3, -0.25) is 0 Å². The number of hydrogen-bond acceptors (Lipinski definition) is 3. The number of ether oxygens (including phenoxy) is 1. The zero-order valence-corrected chi connectivity index (χ0v) is 10.6. The van der Waals surface area contributed by atoms with Gasteiger partial charge in [-0.05, 0) is 28.8 Å². The molecule has 0 aromatic heterocycles. The fraction of sp³-hybridized carbons (Fsp3) is 0.125. The number of nitrogens with zero attached hydrogens (tertiary/aromatic N) is 1. The quantitative estimate of drug-likeness (QED) is 0.787. The van der Waals surface area contributed by atoms with Crippen LogP contribution in [0.3, 0.4) is 0 Å². The van der Waals surface area contributed by atoms with E-state index in [0.717, 1.165) is 16.7 Å². The fourth-order valence-electron chi connectivity index (χ4n) is 1.82. The van der Waals surface area contributed by atoms with E-state index < -0.39 is 0 Å². The van der Waals surface area contributed by atoms with E-state index in [0.29, 0.717) is 12.0 Å². The number of methoxy groups -OCH3 is 1. The highest BCUT2D eigenvalue weighted by Gasteiger charge is 2.05. The average Bonchev–Trinajstić information content (AvgIpc) is 2.48. The molecule has 3 heteroatoms. The van der Waals surface area contributed by atoms with Gasteiger partial charge in [0.15, 0.2) is 0 Å². The van der Waals surface area contributed by atoms with E-state index in [1.807, 2.05) is 36.4 Å². The lowest BCUT2D eigenvalue weighted by atomic mass is 10.0. The van der Waals surface area contributed by atoms with Crippen molar-refractivity contribution in [2.24, 2.45) is 0 Å². The van der Waals surface area contributed by atoms with Crippen LogP contribution in [0.25, 0.3) is 11.1 Å². The van der Waals surface area contributed by atoms with Crippen LogP contribution in [0, 0.1) is 11.3 Å². The predicted octanol–water partition coefficient (Wildman–Crippen LogP) is 3.21. The maximum atomic E-state index is 11.3. The predicted molar refractivity (Wildman–Crippen MR) is 72.5 cm³/mol. The molecule has 0 aliphatic carbocycles. The molecule has 0 radical (unpaired) electrons. The molecule has 0 spiro atoms. The molecular formula is C16H13NO2. The Balaban J connectivity index is 2.22. The largest absolute Gasteiger partial charge is 0.465 e. The lowest BCUT2D eigenvalue weighted by Crippen LogP contribution is -2.00. The number of nitriles is 1. The van der Waals surface area contributed by atoms with E-state index in [4.69, 9.17) is 5.26 Å². The van der Waals surface area contributed by atoms with E-state index in [1.54, 1.807) is 12.1 Å². The molecule has 0 atom stereocenters. The first-order chi connectivity index (χ1) is 9.24. The molecule has 0 aliphatic heterocycles. The second kappa shape index (κ2) is 5.83. The molecule has 2 aromatic carbocycles. The monoisotopic (exact) mass is 251 g/mol. The van der Waals surface area contributed by atoms with Gasteiger partial charge in [0.1, 0.15) is 0 Å². The number of carbonyl (C=O) groups is 1. The van der Waals surface area contributed by atoms with E-state index in [1.165, 1.54) is 7.11 Å². The van der Waals surface area contributed by atoms with Crippen LogP contribution in [0.15, 0.2) is 48.5 Å². The van der Waals surface area contributed by atoms with E-state index in [9.17, 15) is 4.79 Å². The molecule has 0 saturated heterocycles. The summed E-state index contributed by atoms with van der Waals surface area (Å²) in [5, 5.41) is 8.62. The number of esters is 1. The summed E-state index contributed by atoms with van der Waals surface area (Å²) in [6, 6.07) is 17.2. The fourth-order valence-corrected chi connectivity index (χ4v) is 1.82. The maximum absolute atomic E-state index is 11.3. The first kappa shape index (κ1) is 12.8. The van der Waals surface area contributed by atoms with Crippen molar-refractivity contribution in [3.8, 4) is 17.2 Å². The van der Waals surface area contributed by atoms with Crippen molar-refractivity contribution in [1.82, 2.24) is 0 Å². The zero-order valence-electron chi connectivity index (χ0n) is 10.6. The molecule has 2 rings (SSSR count). The van der Waals surface area contributed by atoms with Gasteiger partial charge in [0.2, 0.25) is 0 Å². The second-order valence-electron chi connectivity index (χ2n) is 4.10. The van der Waals surface area contributed by atoms with Crippen molar-refractivity contribution in [1.29, 1.82) is 5.26 Å². The molecule has 0 fully saturated rings. The van der Waals surface area contributed by atoms with Crippen molar-refractivity contribution in [2.75, 3.05) is 7.11 Å². The van der Waals surface area contributed by atoms with Crippen LogP contribution in [0.2, 0.25) is 0 Å². The van der Waals surface area contributed by atoms with Crippen LogP contribution in [0.5, 0.6) is 0 Å². The first-order valence-corrected chi connectivity index (χ1v) is 5.89. The summed E-state index contributed by atoms with van der Waals surface area (Å²) in [6.45, 7) is 0. The van der Waals surface area contributed by atoms with Gasteiger partial charge < -0.3 is 4.74 Å². The van der Waals surface area contributed by atoms with Crippen LogP contribution in [0.4, 0.5) is 0 Å². The number of carbonyl (C=O) groups excluding carboxylic acids is 1. The van der Waals surface area contributed by atoms with Gasteiger partial charge in [0.25, 0.3) is 0 Å². The van der Waals surface area contributed by atoms with Crippen molar-refractivity contribution >= 4 is 5.97 Å². The summed E-state index contributed by atoms with van der Waals surface area (Å²) in [5.41, 5.74) is 3.61. The summed E-state index contributed by atoms with van der Waals surface area (Å²) in [5.74, 6) is -0.337. The summed E-state index contributed by atoms with van der Waals surface area (Å²) in [6.07, 6.45) is 0.418. The number of hydrogen-bond donors (Lipinski definition) is 0. The Morgan fingerprint density at radius 3 is 2.05 bits per heavy atom. The number of rotatable bonds is 3. The van der Waals surface area contributed by atoms with Crippen molar-refractivity contribution in [2.45, 2.75) is 6.42 Å². The summed E-state index contributed by atoms with van der Waals surface area (Å²) < 4.78 is 4.65. The van der Waals surface area contributed by atoms with Crippen molar-refractivity contribution < 1.29 is 9.53 Å². The third-order valence-corrected chi connectivity index (χ3v) is 2.88. The molecule has 94 valence electrons. The smallest absolute Gasteiger partial charge is 0.337 e. The van der Waals surface area contributed by atoms with Crippen LogP contribution in [-0.4, -0.2) is 13.1 Å². The maximum Gasteiger partial charge on any atom is 0.337 e. The third kappa shape index (κ3) is 2.99. The SMILES string of the molecule is COC(=O)c1ccc(-c2ccc(CC#N)cc2)cc1. The topological polar surface area (TPSA) is 50.1 Å². The van der Waals surface area contributed by atoms with E-state index >= 15 is 0 Å². The Morgan fingerprint density at radius 1 is 1.05 bits per heavy atom. The molecule has 0 aliphatic rings. The highest BCUT2D eigenvalue weighted by molar-refractivity contribution is 5.89. The van der Waals surface area contributed by atoms with Crippen LogP contribution in [0.1, 0.15) is 15.9 Å². The molecule has 19 heavy (non-hydrogen) atoms. The Labute approximate surface area is 112 Å². The molecule has 0 unspecified atom stereocenters. The van der Waals surface area contributed by atoms with Crippen molar-refractivity contribution in [3.05, 3.63) is 59.7 Å². The Kier molecular flexibility index (Phi) is 3.94. The molecule has 0 N–H and O–H groups in total. The van der Waals surface area contributed by atoms with Gasteiger partial charge in [0.05, 0.1) is 25.2 Å². The minimum Gasteiger partial charge on any atom is -0.465 e. The lowest BCUT2D eigenvalue weighted by Gasteiger charge is -2.04. The Hall–Kier alpha value is -2.60. The summed E-state index contributed by atoms with van der Waals surface area (Å²) in [7, 11) is 1.37. The molecule has 3 nitrogen and oxygen atoms in total. The number of benzene rings is 2. The highest BCUT2D eigenvalue weighted by atomic mass is 16.5. The van der Waals surface area contributed by atoms with Crippen LogP contribution >= 0.6 is 0 Å². The van der Waals surface area contributed by atoms with Crippen LogP contribution < -0.4 is 0 Å². The molecule has 2 aromatic rings. The molecule has 0 saturated carbocycles. The van der Waals surface area contributed by atoms with E-state index in [-0.39, 0.29) is 5.97 Å². The normalized spacial score (nSPS) is 9.68. The lowest BCUT2D eigenvalue weighted by molar-refractivity contribution is 0.0601. The minimum absolute atomic E-state index is 0.337. The van der Waals surface area contributed by atoms with Gasteiger partial charge in [-0.25, -0.2) is 4.79 Å². The zero-order chi connectivity index (χ0) is 13.7. The minimum atomic E-state index is -0.337. The van der Waals surface area contributed by atoms with Gasteiger partial charge in [0, 0.05) is 0 Å². The standard InChI is InChI=1S/C16H13NO2/c1-19-16(18)15-8-6-14(7-9-15)13-4-2-12(3-5-13)10-11-17/h2-9H,10H2,1H3. The van der Waals surface area contributed by atoms with Crippen LogP contribution in [-0.2, 0) is 11.2 Å². The molecule has 0 amide bonds. The Morgan fingerprint density at radius 2 is 1.58 bits per heavy atom. The summed E-state index contributed by atoms with van der Waals surface area (Å²) >= 11 is 0. The van der Waals surface area contributed by atoms with E-state index in [2.05, 4.69) is 10.8 Å². The first-order valence-electron chi connectivity index (χ1n) is 5.89. The Bertz CT molecular complexity index is 607. The van der Waals surface area contributed by atoms with Gasteiger partial charge >= 0.3 is 5.97 Å². The third-order valence-electron chi connectivity index (χ3n) is 2.88. The van der Waals surface area contributed by atoms with Gasteiger partial charge in [-0.2, -0.15) is 5.26 Å². The highest BCUT2D eigenvalue weighted by Crippen LogP contribution is 2.20. The second-order valence-corrected chi connectivity index (χ2v) is 4.10. The van der Waals surface area contributed by atoms with Gasteiger partial charge in [-0.15, -0.1) is 0 Å². The van der Waals surface area contributed by atoms with Gasteiger partial charge in [-0.1, -0.05) is 36.4 Å². The molecule has 0 heterocycles. The average molecular weight is 251 g/mol. The summed E-state index contributed by atoms with van der Waals surface area (Å²) in [4.78, 5) is 11.3. The molecular weight excluding hydrogens is 238 g/mol. The molecule has 0 bridgehead atoms.